The highest BCUT2D eigenvalue weighted by Crippen LogP contribution is 2.17. The Labute approximate surface area is 246 Å². The molecular weight excluding hydrogens is 531 g/mol. The van der Waals surface area contributed by atoms with E-state index in [2.05, 4.69) is 20.8 Å². The molecule has 1 heterocycles. The highest BCUT2D eigenvalue weighted by molar-refractivity contribution is 5.96. The summed E-state index contributed by atoms with van der Waals surface area (Å²) in [7, 11) is 0. The third-order valence-electron chi connectivity index (χ3n) is 7.36. The summed E-state index contributed by atoms with van der Waals surface area (Å²) in [6.07, 6.45) is 5.27. The van der Waals surface area contributed by atoms with Crippen molar-refractivity contribution in [3.63, 3.8) is 0 Å². The molecule has 0 N–H and O–H groups in total. The number of carbonyl (C=O) groups is 2. The molecule has 220 valence electrons. The molecule has 42 heavy (non-hydrogen) atoms. The quantitative estimate of drug-likeness (QED) is 0.174. The van der Waals surface area contributed by atoms with E-state index in [1.807, 2.05) is 24.3 Å². The second kappa shape index (κ2) is 14.6. The molecule has 0 saturated carbocycles. The van der Waals surface area contributed by atoms with Gasteiger partial charge >= 0.3 is 0 Å². The number of halogens is 1. The molecule has 6 nitrogen and oxygen atoms in total. The Bertz CT molecular complexity index is 1540. The zero-order chi connectivity index (χ0) is 30.1. The molecule has 3 aromatic carbocycles. The molecule has 1 aromatic heterocycles. The average molecular weight is 571 g/mol. The fraction of sp³-hybridized carbons (Fsp3) is 0.343. The lowest BCUT2D eigenvalue weighted by Gasteiger charge is -2.28. The van der Waals surface area contributed by atoms with E-state index in [0.717, 1.165) is 25.7 Å². The van der Waals surface area contributed by atoms with Gasteiger partial charge < -0.3 is 14.2 Å². The van der Waals surface area contributed by atoms with Crippen LogP contribution < -0.4 is 5.43 Å². The number of aryl methyl sites for hydroxylation is 1. The predicted molar refractivity (Wildman–Crippen MR) is 164 cm³/mol. The molecule has 0 atom stereocenters. The summed E-state index contributed by atoms with van der Waals surface area (Å²) < 4.78 is 19.3. The Kier molecular flexibility index (Phi) is 10.7. The normalized spacial score (nSPS) is 11.2. The SMILES string of the molecule is CCCCc1ccc(C(=O)N(CCC(C)C)CC(=O)N(Cc2ccc(F)cc2)Cc2coc3ccccc3c2=O)cc1. The van der Waals surface area contributed by atoms with E-state index in [4.69, 9.17) is 4.42 Å². The molecule has 0 aliphatic heterocycles. The maximum Gasteiger partial charge on any atom is 0.254 e. The Morgan fingerprint density at radius 3 is 2.26 bits per heavy atom. The molecule has 0 unspecified atom stereocenters. The number of rotatable bonds is 13. The minimum atomic E-state index is -0.377. The molecule has 4 rings (SSSR count). The summed E-state index contributed by atoms with van der Waals surface area (Å²) in [6, 6.07) is 20.5. The first-order valence-corrected chi connectivity index (χ1v) is 14.6. The van der Waals surface area contributed by atoms with Gasteiger partial charge in [-0.15, -0.1) is 0 Å². The molecular formula is C35H39FN2O4. The van der Waals surface area contributed by atoms with E-state index in [0.29, 0.717) is 40.1 Å². The first-order valence-electron chi connectivity index (χ1n) is 14.6. The maximum atomic E-state index is 13.9. The number of hydrogen-bond donors (Lipinski definition) is 0. The minimum Gasteiger partial charge on any atom is -0.464 e. The number of nitrogens with zero attached hydrogens (tertiary/aromatic N) is 2. The van der Waals surface area contributed by atoms with E-state index >= 15 is 0 Å². The van der Waals surface area contributed by atoms with E-state index < -0.39 is 0 Å². The summed E-state index contributed by atoms with van der Waals surface area (Å²) in [6.45, 7) is 6.70. The molecule has 2 amide bonds. The van der Waals surface area contributed by atoms with Gasteiger partial charge in [-0.05, 0) is 72.7 Å². The van der Waals surface area contributed by atoms with Crippen molar-refractivity contribution >= 4 is 22.8 Å². The highest BCUT2D eigenvalue weighted by atomic mass is 19.1. The summed E-state index contributed by atoms with van der Waals surface area (Å²) in [4.78, 5) is 43.9. The number of fused-ring (bicyclic) bond motifs is 1. The molecule has 7 heteroatoms. The zero-order valence-corrected chi connectivity index (χ0v) is 24.6. The van der Waals surface area contributed by atoms with Crippen molar-refractivity contribution in [2.45, 2.75) is 59.5 Å². The monoisotopic (exact) mass is 570 g/mol. The van der Waals surface area contributed by atoms with Gasteiger partial charge in [0.25, 0.3) is 5.91 Å². The molecule has 0 aliphatic rings. The molecule has 0 radical (unpaired) electrons. The molecule has 0 aliphatic carbocycles. The molecule has 0 bridgehead atoms. The van der Waals surface area contributed by atoms with Gasteiger partial charge in [0.15, 0.2) is 5.43 Å². The van der Waals surface area contributed by atoms with Crippen LogP contribution in [0.3, 0.4) is 0 Å². The van der Waals surface area contributed by atoms with E-state index in [1.54, 1.807) is 41.3 Å². The van der Waals surface area contributed by atoms with Gasteiger partial charge in [0.05, 0.1) is 23.8 Å². The van der Waals surface area contributed by atoms with E-state index in [1.165, 1.54) is 28.9 Å². The maximum absolute atomic E-state index is 13.9. The van der Waals surface area contributed by atoms with Gasteiger partial charge in [-0.3, -0.25) is 14.4 Å². The largest absolute Gasteiger partial charge is 0.464 e. The van der Waals surface area contributed by atoms with Crippen LogP contribution in [0.25, 0.3) is 11.0 Å². The van der Waals surface area contributed by atoms with E-state index in [-0.39, 0.29) is 42.7 Å². The first kappa shape index (κ1) is 30.7. The van der Waals surface area contributed by atoms with Gasteiger partial charge in [-0.2, -0.15) is 0 Å². The fourth-order valence-electron chi connectivity index (χ4n) is 4.78. The molecule has 0 fully saturated rings. The van der Waals surface area contributed by atoms with Crippen molar-refractivity contribution in [1.29, 1.82) is 0 Å². The van der Waals surface area contributed by atoms with Crippen molar-refractivity contribution in [2.75, 3.05) is 13.1 Å². The summed E-state index contributed by atoms with van der Waals surface area (Å²) in [5.41, 5.74) is 2.99. The number of hydrogen-bond acceptors (Lipinski definition) is 4. The van der Waals surface area contributed by atoms with Crippen LogP contribution in [0.4, 0.5) is 4.39 Å². The third-order valence-corrected chi connectivity index (χ3v) is 7.36. The van der Waals surface area contributed by atoms with Crippen LogP contribution in [-0.4, -0.2) is 34.7 Å². The number of amides is 2. The Morgan fingerprint density at radius 1 is 0.881 bits per heavy atom. The van der Waals surface area contributed by atoms with Crippen LogP contribution in [0.2, 0.25) is 0 Å². The Morgan fingerprint density at radius 2 is 1.57 bits per heavy atom. The van der Waals surface area contributed by atoms with Crippen LogP contribution >= 0.6 is 0 Å². The van der Waals surface area contributed by atoms with Gasteiger partial charge in [0, 0.05) is 18.7 Å². The van der Waals surface area contributed by atoms with Crippen LogP contribution in [0.5, 0.6) is 0 Å². The van der Waals surface area contributed by atoms with Crippen molar-refractivity contribution < 1.29 is 18.4 Å². The topological polar surface area (TPSA) is 70.8 Å². The smallest absolute Gasteiger partial charge is 0.254 e. The van der Waals surface area contributed by atoms with Gasteiger partial charge in [-0.25, -0.2) is 4.39 Å². The number of carbonyl (C=O) groups excluding carboxylic acids is 2. The number of unbranched alkanes of at least 4 members (excludes halogenated alkanes) is 1. The standard InChI is InChI=1S/C35H39FN2O4/c1-4-5-8-26-11-15-28(16-12-26)35(41)37(20-19-25(2)3)23-33(39)38(21-27-13-17-30(36)18-14-27)22-29-24-42-32-10-7-6-9-31(32)34(29)40/h6-7,9-18,24-25H,4-5,8,19-23H2,1-3H3. The second-order valence-corrected chi connectivity index (χ2v) is 11.2. The van der Waals surface area contributed by atoms with Gasteiger partial charge in [-0.1, -0.05) is 63.6 Å². The Balaban J connectivity index is 1.60. The molecule has 0 saturated heterocycles. The fourth-order valence-corrected chi connectivity index (χ4v) is 4.78. The van der Waals surface area contributed by atoms with Gasteiger partial charge in [0.2, 0.25) is 5.91 Å². The Hall–Kier alpha value is -4.26. The summed E-state index contributed by atoms with van der Waals surface area (Å²) >= 11 is 0. The number of benzene rings is 3. The van der Waals surface area contributed by atoms with Crippen LogP contribution in [0, 0.1) is 11.7 Å². The lowest BCUT2D eigenvalue weighted by molar-refractivity contribution is -0.133. The zero-order valence-electron chi connectivity index (χ0n) is 24.6. The van der Waals surface area contributed by atoms with Crippen LogP contribution in [0.15, 0.2) is 88.3 Å². The van der Waals surface area contributed by atoms with Gasteiger partial charge in [0.1, 0.15) is 17.9 Å². The third kappa shape index (κ3) is 8.15. The van der Waals surface area contributed by atoms with Crippen molar-refractivity contribution in [2.24, 2.45) is 5.92 Å². The lowest BCUT2D eigenvalue weighted by Crippen LogP contribution is -2.43. The van der Waals surface area contributed by atoms with Crippen LogP contribution in [0.1, 0.15) is 67.1 Å². The number of para-hydroxylation sites is 1. The second-order valence-electron chi connectivity index (χ2n) is 11.2. The van der Waals surface area contributed by atoms with Crippen molar-refractivity contribution in [3.05, 3.63) is 117 Å². The average Bonchev–Trinajstić information content (AvgIpc) is 3.00. The lowest BCUT2D eigenvalue weighted by atomic mass is 10.1. The molecule has 0 spiro atoms. The summed E-state index contributed by atoms with van der Waals surface area (Å²) in [5.74, 6) is -0.566. The van der Waals surface area contributed by atoms with Crippen molar-refractivity contribution in [1.82, 2.24) is 9.80 Å². The van der Waals surface area contributed by atoms with Crippen LogP contribution in [-0.2, 0) is 24.3 Å². The van der Waals surface area contributed by atoms with E-state index in [9.17, 15) is 18.8 Å². The summed E-state index contributed by atoms with van der Waals surface area (Å²) in [5, 5.41) is 0.431. The minimum absolute atomic E-state index is 0.0122. The predicted octanol–water partition coefficient (Wildman–Crippen LogP) is 6.99. The highest BCUT2D eigenvalue weighted by Gasteiger charge is 2.24. The first-order chi connectivity index (χ1) is 20.2. The molecule has 4 aromatic rings. The van der Waals surface area contributed by atoms with Crippen molar-refractivity contribution in [3.8, 4) is 0 Å².